The van der Waals surface area contributed by atoms with E-state index in [-0.39, 0.29) is 11.6 Å². The van der Waals surface area contributed by atoms with Crippen LogP contribution in [0.25, 0.3) is 11.4 Å². The molecule has 6 heteroatoms. The van der Waals surface area contributed by atoms with Crippen LogP contribution in [0.4, 0.5) is 0 Å². The summed E-state index contributed by atoms with van der Waals surface area (Å²) < 4.78 is 5.35. The number of likely N-dealkylation sites (tertiary alicyclic amines) is 1. The number of rotatable bonds is 5. The van der Waals surface area contributed by atoms with Gasteiger partial charge >= 0.3 is 0 Å². The van der Waals surface area contributed by atoms with E-state index >= 15 is 0 Å². The second kappa shape index (κ2) is 8.35. The zero-order valence-electron chi connectivity index (χ0n) is 16.0. The first kappa shape index (κ1) is 18.4. The second-order valence-corrected chi connectivity index (χ2v) is 7.09. The normalized spacial score (nSPS) is 17.4. The van der Waals surface area contributed by atoms with E-state index in [4.69, 9.17) is 9.72 Å². The van der Waals surface area contributed by atoms with Crippen molar-refractivity contribution in [3.63, 3.8) is 0 Å². The molecule has 0 amide bonds. The topological polar surface area (TPSA) is 71.1 Å². The van der Waals surface area contributed by atoms with Crippen molar-refractivity contribution in [2.75, 3.05) is 13.7 Å². The highest BCUT2D eigenvalue weighted by Crippen LogP contribution is 2.31. The molecule has 1 aromatic carbocycles. The van der Waals surface area contributed by atoms with Crippen LogP contribution in [0.2, 0.25) is 0 Å². The number of benzene rings is 1. The zero-order chi connectivity index (χ0) is 19.3. The quantitative estimate of drug-likeness (QED) is 0.737. The smallest absolute Gasteiger partial charge is 0.251 e. The van der Waals surface area contributed by atoms with Crippen LogP contribution in [0.3, 0.4) is 0 Å². The highest BCUT2D eigenvalue weighted by Gasteiger charge is 2.26. The molecule has 0 spiro atoms. The van der Waals surface area contributed by atoms with Crippen LogP contribution >= 0.6 is 0 Å². The Balaban J connectivity index is 1.64. The number of aromatic nitrogens is 3. The van der Waals surface area contributed by atoms with Gasteiger partial charge in [-0.3, -0.25) is 14.7 Å². The fraction of sp³-hybridized carbons (Fsp3) is 0.318. The lowest BCUT2D eigenvalue weighted by Gasteiger charge is -2.35. The van der Waals surface area contributed by atoms with Gasteiger partial charge in [-0.15, -0.1) is 0 Å². The molecule has 1 saturated heterocycles. The van der Waals surface area contributed by atoms with Gasteiger partial charge in [0.05, 0.1) is 18.8 Å². The molecule has 28 heavy (non-hydrogen) atoms. The Bertz CT molecular complexity index is 987. The minimum atomic E-state index is -0.122. The summed E-state index contributed by atoms with van der Waals surface area (Å²) in [5.74, 6) is 1.46. The maximum Gasteiger partial charge on any atom is 0.251 e. The van der Waals surface area contributed by atoms with Crippen LogP contribution in [0.1, 0.15) is 36.6 Å². The van der Waals surface area contributed by atoms with Crippen LogP contribution in [-0.2, 0) is 6.54 Å². The third kappa shape index (κ3) is 4.12. The Hall–Kier alpha value is -2.99. The first-order valence-electron chi connectivity index (χ1n) is 9.61. The molecule has 1 N–H and O–H groups in total. The summed E-state index contributed by atoms with van der Waals surface area (Å²) in [4.78, 5) is 26.4. The molecular formula is C22H24N4O2. The summed E-state index contributed by atoms with van der Waals surface area (Å²) in [5.41, 5.74) is 2.77. The minimum Gasteiger partial charge on any atom is -0.497 e. The lowest BCUT2D eigenvalue weighted by atomic mass is 9.98. The first-order valence-corrected chi connectivity index (χ1v) is 9.61. The van der Waals surface area contributed by atoms with E-state index in [1.165, 1.54) is 5.56 Å². The van der Waals surface area contributed by atoms with E-state index in [0.717, 1.165) is 49.4 Å². The molecule has 6 nitrogen and oxygen atoms in total. The highest BCUT2D eigenvalue weighted by atomic mass is 16.5. The summed E-state index contributed by atoms with van der Waals surface area (Å²) in [6.07, 6.45) is 6.70. The van der Waals surface area contributed by atoms with Crippen LogP contribution in [0, 0.1) is 0 Å². The van der Waals surface area contributed by atoms with Gasteiger partial charge in [0.25, 0.3) is 5.56 Å². The molecule has 0 radical (unpaired) electrons. The third-order valence-corrected chi connectivity index (χ3v) is 5.19. The number of ether oxygens (including phenoxy) is 1. The number of hydrogen-bond acceptors (Lipinski definition) is 5. The van der Waals surface area contributed by atoms with Gasteiger partial charge in [0, 0.05) is 30.6 Å². The number of nitrogens with one attached hydrogen (secondary N) is 1. The highest BCUT2D eigenvalue weighted by molar-refractivity contribution is 5.53. The largest absolute Gasteiger partial charge is 0.497 e. The fourth-order valence-corrected chi connectivity index (χ4v) is 3.81. The minimum absolute atomic E-state index is 0.122. The molecule has 1 aliphatic rings. The van der Waals surface area contributed by atoms with E-state index in [0.29, 0.717) is 5.82 Å². The van der Waals surface area contributed by atoms with Gasteiger partial charge in [0.1, 0.15) is 11.6 Å². The zero-order valence-corrected chi connectivity index (χ0v) is 16.0. The molecule has 1 aliphatic heterocycles. The molecule has 0 unspecified atom stereocenters. The number of piperidine rings is 1. The van der Waals surface area contributed by atoms with Gasteiger partial charge < -0.3 is 9.72 Å². The van der Waals surface area contributed by atoms with Crippen molar-refractivity contribution in [2.45, 2.75) is 31.8 Å². The Morgan fingerprint density at radius 1 is 1.18 bits per heavy atom. The van der Waals surface area contributed by atoms with Gasteiger partial charge in [0.15, 0.2) is 0 Å². The predicted molar refractivity (Wildman–Crippen MR) is 108 cm³/mol. The second-order valence-electron chi connectivity index (χ2n) is 7.09. The van der Waals surface area contributed by atoms with Crippen LogP contribution in [0.15, 0.2) is 59.7 Å². The molecular weight excluding hydrogens is 352 g/mol. The van der Waals surface area contributed by atoms with E-state index in [9.17, 15) is 4.79 Å². The third-order valence-electron chi connectivity index (χ3n) is 5.19. The van der Waals surface area contributed by atoms with Crippen molar-refractivity contribution in [3.8, 4) is 17.1 Å². The maximum atomic E-state index is 12.3. The predicted octanol–water partition coefficient (Wildman–Crippen LogP) is 3.57. The van der Waals surface area contributed by atoms with E-state index in [1.54, 1.807) is 25.6 Å². The van der Waals surface area contributed by atoms with Gasteiger partial charge in [-0.2, -0.15) is 0 Å². The SMILES string of the molecule is COc1cccc(CN2CCCC[C@@H]2c2cc(=O)[nH]c(-c3ccncc3)n2)c1. The van der Waals surface area contributed by atoms with Gasteiger partial charge in [-0.05, 0) is 49.2 Å². The molecule has 1 atom stereocenters. The fourth-order valence-electron chi connectivity index (χ4n) is 3.81. The van der Waals surface area contributed by atoms with E-state index in [2.05, 4.69) is 27.0 Å². The Morgan fingerprint density at radius 3 is 2.86 bits per heavy atom. The summed E-state index contributed by atoms with van der Waals surface area (Å²) in [5, 5.41) is 0. The molecule has 3 heterocycles. The molecule has 0 bridgehead atoms. The molecule has 144 valence electrons. The summed E-state index contributed by atoms with van der Waals surface area (Å²) in [6.45, 7) is 1.79. The van der Waals surface area contributed by atoms with Gasteiger partial charge in [-0.25, -0.2) is 4.98 Å². The maximum absolute atomic E-state index is 12.3. The standard InChI is InChI=1S/C22H24N4O2/c1-28-18-6-4-5-16(13-18)15-26-12-3-2-7-20(26)19-14-21(27)25-22(24-19)17-8-10-23-11-9-17/h4-6,8-11,13-14,20H,2-3,7,12,15H2,1H3,(H,24,25,27)/t20-/m1/s1. The molecule has 2 aromatic heterocycles. The molecule has 4 rings (SSSR count). The average molecular weight is 376 g/mol. The van der Waals surface area contributed by atoms with Gasteiger partial charge in [-0.1, -0.05) is 18.6 Å². The summed E-state index contributed by atoms with van der Waals surface area (Å²) in [7, 11) is 1.68. The van der Waals surface area contributed by atoms with Crippen molar-refractivity contribution >= 4 is 0 Å². The Morgan fingerprint density at radius 2 is 2.04 bits per heavy atom. The number of hydrogen-bond donors (Lipinski definition) is 1. The number of H-pyrrole nitrogens is 1. The van der Waals surface area contributed by atoms with Crippen LogP contribution < -0.4 is 10.3 Å². The average Bonchev–Trinajstić information content (AvgIpc) is 2.74. The van der Waals surface area contributed by atoms with Crippen molar-refractivity contribution in [1.82, 2.24) is 19.9 Å². The lowest BCUT2D eigenvalue weighted by Crippen LogP contribution is -2.34. The molecule has 3 aromatic rings. The number of pyridine rings is 1. The van der Waals surface area contributed by atoms with Crippen molar-refractivity contribution in [2.24, 2.45) is 0 Å². The van der Waals surface area contributed by atoms with Crippen molar-refractivity contribution < 1.29 is 4.74 Å². The Labute approximate surface area is 164 Å². The molecule has 1 fully saturated rings. The first-order chi connectivity index (χ1) is 13.7. The van der Waals surface area contributed by atoms with Crippen molar-refractivity contribution in [1.29, 1.82) is 0 Å². The van der Waals surface area contributed by atoms with Gasteiger partial charge in [0.2, 0.25) is 0 Å². The van der Waals surface area contributed by atoms with Crippen LogP contribution in [0.5, 0.6) is 5.75 Å². The number of aromatic amines is 1. The van der Waals surface area contributed by atoms with E-state index < -0.39 is 0 Å². The van der Waals surface area contributed by atoms with E-state index in [1.807, 2.05) is 24.3 Å². The Kier molecular flexibility index (Phi) is 5.48. The summed E-state index contributed by atoms with van der Waals surface area (Å²) >= 11 is 0. The monoisotopic (exact) mass is 376 g/mol. The lowest BCUT2D eigenvalue weighted by molar-refractivity contribution is 0.137. The number of nitrogens with zero attached hydrogens (tertiary/aromatic N) is 3. The summed E-state index contributed by atoms with van der Waals surface area (Å²) in [6, 6.07) is 13.6. The molecule has 0 aliphatic carbocycles. The van der Waals surface area contributed by atoms with Crippen molar-refractivity contribution in [3.05, 3.63) is 76.5 Å². The molecule has 0 saturated carbocycles. The number of methoxy groups -OCH3 is 1. The van der Waals surface area contributed by atoms with Crippen LogP contribution in [-0.4, -0.2) is 33.5 Å².